The van der Waals surface area contributed by atoms with Gasteiger partial charge in [-0.05, 0) is 35.9 Å². The molecule has 0 saturated heterocycles. The van der Waals surface area contributed by atoms with Crippen LogP contribution in [0.3, 0.4) is 0 Å². The molecule has 0 bridgehead atoms. The number of hydrogen-bond donors (Lipinski definition) is 1. The Balaban J connectivity index is 1.67. The van der Waals surface area contributed by atoms with Crippen LogP contribution in [-0.2, 0) is 4.79 Å². The van der Waals surface area contributed by atoms with Crippen LogP contribution in [0.2, 0.25) is 0 Å². The van der Waals surface area contributed by atoms with E-state index in [1.807, 2.05) is 73.8 Å². The Labute approximate surface area is 153 Å². The van der Waals surface area contributed by atoms with Crippen LogP contribution in [0.15, 0.2) is 83.5 Å². The second-order valence-corrected chi connectivity index (χ2v) is 5.95. The first-order valence-corrected chi connectivity index (χ1v) is 8.59. The molecular formula is C22H22N2O2. The lowest BCUT2D eigenvalue weighted by molar-refractivity contribution is -0.115. The Bertz CT molecular complexity index is 840. The van der Waals surface area contributed by atoms with E-state index in [1.165, 1.54) is 0 Å². The van der Waals surface area contributed by atoms with E-state index in [1.54, 1.807) is 18.4 Å². The van der Waals surface area contributed by atoms with Crippen LogP contribution in [-0.4, -0.2) is 26.0 Å². The topological polar surface area (TPSA) is 45.5 Å². The molecule has 1 aromatic heterocycles. The first-order valence-electron chi connectivity index (χ1n) is 8.59. The first kappa shape index (κ1) is 17.5. The minimum atomic E-state index is -0.117. The van der Waals surface area contributed by atoms with Crippen LogP contribution in [0, 0.1) is 0 Å². The molecule has 3 rings (SSSR count). The van der Waals surface area contributed by atoms with E-state index < -0.39 is 0 Å². The van der Waals surface area contributed by atoms with Gasteiger partial charge in [0, 0.05) is 25.8 Å². The van der Waals surface area contributed by atoms with Crippen molar-refractivity contribution in [1.82, 2.24) is 5.32 Å². The van der Waals surface area contributed by atoms with Gasteiger partial charge < -0.3 is 14.6 Å². The predicted octanol–water partition coefficient (Wildman–Crippen LogP) is 4.07. The maximum Gasteiger partial charge on any atom is 0.252 e. The summed E-state index contributed by atoms with van der Waals surface area (Å²) in [6, 6.07) is 23.3. The second kappa shape index (κ2) is 8.72. The van der Waals surface area contributed by atoms with E-state index in [4.69, 9.17) is 4.42 Å². The summed E-state index contributed by atoms with van der Waals surface area (Å²) >= 11 is 0. The van der Waals surface area contributed by atoms with Crippen molar-refractivity contribution in [3.8, 4) is 0 Å². The highest BCUT2D eigenvalue weighted by Gasteiger charge is 2.12. The van der Waals surface area contributed by atoms with E-state index in [0.717, 1.165) is 17.8 Å². The van der Waals surface area contributed by atoms with Gasteiger partial charge in [0.1, 0.15) is 5.76 Å². The third-order valence-electron chi connectivity index (χ3n) is 4.09. The number of likely N-dealkylation sites (N-methyl/N-ethyl adjacent to an activating group) is 1. The molecule has 0 atom stereocenters. The van der Waals surface area contributed by atoms with Gasteiger partial charge in [-0.3, -0.25) is 4.79 Å². The van der Waals surface area contributed by atoms with Gasteiger partial charge in [-0.25, -0.2) is 0 Å². The van der Waals surface area contributed by atoms with E-state index in [9.17, 15) is 4.79 Å². The molecule has 0 saturated carbocycles. The molecule has 0 fully saturated rings. The molecule has 0 unspecified atom stereocenters. The Morgan fingerprint density at radius 3 is 2.35 bits per heavy atom. The van der Waals surface area contributed by atoms with Gasteiger partial charge in [0.15, 0.2) is 0 Å². The number of amides is 1. The van der Waals surface area contributed by atoms with E-state index in [0.29, 0.717) is 17.9 Å². The minimum absolute atomic E-state index is 0.117. The molecule has 1 amide bonds. The summed E-state index contributed by atoms with van der Waals surface area (Å²) in [4.78, 5) is 14.9. The summed E-state index contributed by atoms with van der Waals surface area (Å²) in [6.45, 7) is 1.27. The number of hydrogen-bond acceptors (Lipinski definition) is 3. The normalized spacial score (nSPS) is 11.2. The lowest BCUT2D eigenvalue weighted by Gasteiger charge is -2.19. The third kappa shape index (κ3) is 4.63. The smallest absolute Gasteiger partial charge is 0.252 e. The van der Waals surface area contributed by atoms with Crippen LogP contribution in [0.1, 0.15) is 11.3 Å². The fourth-order valence-electron chi connectivity index (χ4n) is 2.66. The van der Waals surface area contributed by atoms with Gasteiger partial charge in [0.25, 0.3) is 5.91 Å². The quantitative estimate of drug-likeness (QED) is 0.656. The molecule has 3 aromatic rings. The standard InChI is InChI=1S/C22H22N2O2/c1-24(19-11-6-3-7-12-19)15-14-23-22(25)21(17-20-13-8-16-26-20)18-9-4-2-5-10-18/h2-13,16-17H,14-15H2,1H3,(H,23,25)/b21-17+. The molecule has 1 N–H and O–H groups in total. The molecule has 1 heterocycles. The lowest BCUT2D eigenvalue weighted by Crippen LogP contribution is -2.33. The average Bonchev–Trinajstić information content (AvgIpc) is 3.20. The number of rotatable bonds is 7. The highest BCUT2D eigenvalue weighted by molar-refractivity contribution is 6.24. The van der Waals surface area contributed by atoms with Crippen LogP contribution in [0.25, 0.3) is 11.6 Å². The van der Waals surface area contributed by atoms with Crippen molar-refractivity contribution in [2.75, 3.05) is 25.0 Å². The maximum atomic E-state index is 12.7. The molecule has 4 nitrogen and oxygen atoms in total. The monoisotopic (exact) mass is 346 g/mol. The summed E-state index contributed by atoms with van der Waals surface area (Å²) in [7, 11) is 2.01. The SMILES string of the molecule is CN(CCNC(=O)/C(=C/c1ccco1)c1ccccc1)c1ccccc1. The summed E-state index contributed by atoms with van der Waals surface area (Å²) in [5.41, 5.74) is 2.57. The molecule has 0 radical (unpaired) electrons. The number of furan rings is 1. The number of para-hydroxylation sites is 1. The van der Waals surface area contributed by atoms with Gasteiger partial charge in [-0.15, -0.1) is 0 Å². The van der Waals surface area contributed by atoms with Crippen LogP contribution < -0.4 is 10.2 Å². The minimum Gasteiger partial charge on any atom is -0.465 e. The largest absolute Gasteiger partial charge is 0.465 e. The van der Waals surface area contributed by atoms with Crippen molar-refractivity contribution in [2.45, 2.75) is 0 Å². The maximum absolute atomic E-state index is 12.7. The molecule has 4 heteroatoms. The summed E-state index contributed by atoms with van der Waals surface area (Å²) in [6.07, 6.45) is 3.37. The lowest BCUT2D eigenvalue weighted by atomic mass is 10.0. The van der Waals surface area contributed by atoms with Gasteiger partial charge in [0.2, 0.25) is 0 Å². The fraction of sp³-hybridized carbons (Fsp3) is 0.136. The molecule has 0 spiro atoms. The number of carbonyl (C=O) groups excluding carboxylic acids is 1. The van der Waals surface area contributed by atoms with Crippen molar-refractivity contribution < 1.29 is 9.21 Å². The van der Waals surface area contributed by atoms with Crippen molar-refractivity contribution in [1.29, 1.82) is 0 Å². The fourth-order valence-corrected chi connectivity index (χ4v) is 2.66. The molecule has 26 heavy (non-hydrogen) atoms. The van der Waals surface area contributed by atoms with Gasteiger partial charge in [-0.1, -0.05) is 48.5 Å². The number of nitrogens with one attached hydrogen (secondary N) is 1. The van der Waals surface area contributed by atoms with Crippen LogP contribution in [0.4, 0.5) is 5.69 Å². The highest BCUT2D eigenvalue weighted by Crippen LogP contribution is 2.19. The summed E-state index contributed by atoms with van der Waals surface area (Å²) < 4.78 is 5.37. The molecule has 132 valence electrons. The van der Waals surface area contributed by atoms with Gasteiger partial charge in [0.05, 0.1) is 11.8 Å². The number of anilines is 1. The molecule has 0 aliphatic rings. The van der Waals surface area contributed by atoms with Gasteiger partial charge in [-0.2, -0.15) is 0 Å². The first-order chi connectivity index (χ1) is 12.7. The third-order valence-corrected chi connectivity index (χ3v) is 4.09. The zero-order chi connectivity index (χ0) is 18.2. The Hall–Kier alpha value is -3.27. The summed E-state index contributed by atoms with van der Waals surface area (Å²) in [5, 5.41) is 3.00. The Morgan fingerprint density at radius 1 is 1.00 bits per heavy atom. The highest BCUT2D eigenvalue weighted by atomic mass is 16.3. The average molecular weight is 346 g/mol. The van der Waals surface area contributed by atoms with E-state index in [-0.39, 0.29) is 5.91 Å². The number of nitrogens with zero attached hydrogens (tertiary/aromatic N) is 1. The second-order valence-electron chi connectivity index (χ2n) is 5.95. The Kier molecular flexibility index (Phi) is 5.88. The zero-order valence-electron chi connectivity index (χ0n) is 14.8. The van der Waals surface area contributed by atoms with Crippen molar-refractivity contribution in [3.05, 3.63) is 90.4 Å². The van der Waals surface area contributed by atoms with Crippen LogP contribution >= 0.6 is 0 Å². The number of benzene rings is 2. The molecule has 0 aliphatic carbocycles. The van der Waals surface area contributed by atoms with Crippen molar-refractivity contribution >= 4 is 23.2 Å². The van der Waals surface area contributed by atoms with E-state index in [2.05, 4.69) is 10.2 Å². The molecular weight excluding hydrogens is 324 g/mol. The van der Waals surface area contributed by atoms with E-state index >= 15 is 0 Å². The zero-order valence-corrected chi connectivity index (χ0v) is 14.8. The Morgan fingerprint density at radius 2 is 1.69 bits per heavy atom. The van der Waals surface area contributed by atoms with Gasteiger partial charge >= 0.3 is 0 Å². The molecule has 2 aromatic carbocycles. The number of carbonyl (C=O) groups is 1. The predicted molar refractivity (Wildman–Crippen MR) is 106 cm³/mol. The van der Waals surface area contributed by atoms with Crippen molar-refractivity contribution in [3.63, 3.8) is 0 Å². The van der Waals surface area contributed by atoms with Crippen LogP contribution in [0.5, 0.6) is 0 Å². The van der Waals surface area contributed by atoms with Crippen molar-refractivity contribution in [2.24, 2.45) is 0 Å². The molecule has 0 aliphatic heterocycles. The summed E-state index contributed by atoms with van der Waals surface area (Å²) in [5.74, 6) is 0.537.